The highest BCUT2D eigenvalue weighted by atomic mass is 35.5. The summed E-state index contributed by atoms with van der Waals surface area (Å²) in [6.07, 6.45) is 3.37. The van der Waals surface area contributed by atoms with E-state index < -0.39 is 16.0 Å². The van der Waals surface area contributed by atoms with Gasteiger partial charge >= 0.3 is 0 Å². The maximum atomic E-state index is 12.1. The van der Waals surface area contributed by atoms with Gasteiger partial charge in [0, 0.05) is 37.3 Å². The van der Waals surface area contributed by atoms with Crippen LogP contribution in [-0.4, -0.2) is 58.1 Å². The minimum atomic E-state index is -3.51. The van der Waals surface area contributed by atoms with Gasteiger partial charge in [0.05, 0.1) is 18.8 Å². The molecular formula is C17H23ClN2O5S. The van der Waals surface area contributed by atoms with Gasteiger partial charge < -0.3 is 9.80 Å². The zero-order valence-electron chi connectivity index (χ0n) is 14.9. The third kappa shape index (κ3) is 5.96. The molecule has 1 aromatic carbocycles. The third-order valence-electron chi connectivity index (χ3n) is 4.25. The number of likely N-dealkylation sites (tertiary alicyclic amines) is 1. The number of hydrogen-bond donors (Lipinski definition) is 0. The number of anilines is 1. The van der Waals surface area contributed by atoms with Crippen molar-refractivity contribution in [1.29, 1.82) is 0 Å². The van der Waals surface area contributed by atoms with E-state index >= 15 is 0 Å². The van der Waals surface area contributed by atoms with Gasteiger partial charge in [-0.05, 0) is 37.1 Å². The molecule has 0 aromatic heterocycles. The second-order valence-electron chi connectivity index (χ2n) is 6.36. The van der Waals surface area contributed by atoms with Crippen LogP contribution in [0.3, 0.4) is 0 Å². The van der Waals surface area contributed by atoms with Gasteiger partial charge in [-0.15, -0.1) is 0 Å². The molecule has 3 rings (SSSR count). The first kappa shape index (κ1) is 20.7. The van der Waals surface area contributed by atoms with Gasteiger partial charge in [-0.1, -0.05) is 11.6 Å². The highest BCUT2D eigenvalue weighted by Crippen LogP contribution is 2.26. The van der Waals surface area contributed by atoms with Crippen molar-refractivity contribution in [1.82, 2.24) is 4.90 Å². The van der Waals surface area contributed by atoms with Gasteiger partial charge in [0.25, 0.3) is 10.1 Å². The van der Waals surface area contributed by atoms with Crippen LogP contribution in [0.4, 0.5) is 5.69 Å². The molecule has 0 aliphatic carbocycles. The number of nitrogens with zero attached hydrogens (tertiary/aromatic N) is 2. The second kappa shape index (κ2) is 8.83. The van der Waals surface area contributed by atoms with Gasteiger partial charge in [0.15, 0.2) is 0 Å². The van der Waals surface area contributed by atoms with E-state index in [1.54, 1.807) is 34.1 Å². The van der Waals surface area contributed by atoms with Crippen molar-refractivity contribution < 1.29 is 22.2 Å². The molecule has 0 spiro atoms. The molecule has 2 saturated heterocycles. The molecule has 0 N–H and O–H groups in total. The number of rotatable bonds is 4. The molecule has 0 radical (unpaired) electrons. The largest absolute Gasteiger partial charge is 0.346 e. The number of hydrogen-bond acceptors (Lipinski definition) is 5. The Morgan fingerprint density at radius 2 is 1.85 bits per heavy atom. The van der Waals surface area contributed by atoms with Crippen molar-refractivity contribution >= 4 is 39.2 Å². The molecule has 7 nitrogen and oxygen atoms in total. The standard InChI is InChI=1S/C12H14ClNO4S.C5H9NO/c1-19(16,17)18-8-9-6-7-14(12(9)15)11-4-2-10(13)3-5-11;1-6-4-2-3-5(6)7/h2-5,9H,6-8H2,1H3;2-4H2,1H3. The summed E-state index contributed by atoms with van der Waals surface area (Å²) in [6.45, 7) is 1.42. The number of carbonyl (C=O) groups excluding carboxylic acids is 2. The Morgan fingerprint density at radius 1 is 1.19 bits per heavy atom. The molecule has 1 aromatic rings. The van der Waals surface area contributed by atoms with Gasteiger partial charge in [0.2, 0.25) is 11.8 Å². The molecule has 1 atom stereocenters. The lowest BCUT2D eigenvalue weighted by Crippen LogP contribution is -2.29. The predicted octanol–water partition coefficient (Wildman–Crippen LogP) is 1.91. The topological polar surface area (TPSA) is 84.0 Å². The van der Waals surface area contributed by atoms with Crippen molar-refractivity contribution in [3.05, 3.63) is 29.3 Å². The molecule has 2 amide bonds. The summed E-state index contributed by atoms with van der Waals surface area (Å²) in [6, 6.07) is 6.95. The Morgan fingerprint density at radius 3 is 2.31 bits per heavy atom. The molecule has 1 unspecified atom stereocenters. The maximum Gasteiger partial charge on any atom is 0.264 e. The highest BCUT2D eigenvalue weighted by molar-refractivity contribution is 7.85. The van der Waals surface area contributed by atoms with Gasteiger partial charge in [-0.2, -0.15) is 8.42 Å². The summed E-state index contributed by atoms with van der Waals surface area (Å²) in [5.41, 5.74) is 0.760. The van der Waals surface area contributed by atoms with Crippen LogP contribution in [0.1, 0.15) is 19.3 Å². The minimum absolute atomic E-state index is 0.0955. The Kier molecular flexibility index (Phi) is 7.02. The number of carbonyl (C=O) groups is 2. The van der Waals surface area contributed by atoms with Crippen LogP contribution in [0.25, 0.3) is 0 Å². The Hall–Kier alpha value is -1.64. The van der Waals surface area contributed by atoms with Crippen molar-refractivity contribution in [2.45, 2.75) is 19.3 Å². The summed E-state index contributed by atoms with van der Waals surface area (Å²) in [4.78, 5) is 26.0. The lowest BCUT2D eigenvalue weighted by Gasteiger charge is -2.16. The van der Waals surface area contributed by atoms with E-state index in [-0.39, 0.29) is 12.5 Å². The first-order valence-corrected chi connectivity index (χ1v) is 10.5. The van der Waals surface area contributed by atoms with E-state index in [4.69, 9.17) is 15.8 Å². The van der Waals surface area contributed by atoms with E-state index in [9.17, 15) is 18.0 Å². The first-order chi connectivity index (χ1) is 12.2. The molecule has 0 saturated carbocycles. The summed E-state index contributed by atoms with van der Waals surface area (Å²) < 4.78 is 26.5. The van der Waals surface area contributed by atoms with Crippen LogP contribution in [0.15, 0.2) is 24.3 Å². The van der Waals surface area contributed by atoms with Crippen molar-refractivity contribution in [2.75, 3.05) is 37.9 Å². The fraction of sp³-hybridized carbons (Fsp3) is 0.529. The average molecular weight is 403 g/mol. The number of amides is 2. The van der Waals surface area contributed by atoms with Crippen LogP contribution in [-0.2, 0) is 23.9 Å². The fourth-order valence-corrected chi connectivity index (χ4v) is 3.30. The lowest BCUT2D eigenvalue weighted by atomic mass is 10.1. The average Bonchev–Trinajstić information content (AvgIpc) is 3.12. The quantitative estimate of drug-likeness (QED) is 0.718. The summed E-state index contributed by atoms with van der Waals surface area (Å²) in [7, 11) is -1.67. The maximum absolute atomic E-state index is 12.1. The van der Waals surface area contributed by atoms with Gasteiger partial charge in [-0.3, -0.25) is 13.8 Å². The molecule has 2 fully saturated rings. The zero-order valence-corrected chi connectivity index (χ0v) is 16.4. The lowest BCUT2D eigenvalue weighted by molar-refractivity contribution is -0.126. The summed E-state index contributed by atoms with van der Waals surface area (Å²) >= 11 is 5.79. The predicted molar refractivity (Wildman–Crippen MR) is 99.6 cm³/mol. The SMILES string of the molecule is CN1CCCC1=O.CS(=O)(=O)OCC1CCN(c2ccc(Cl)cc2)C1=O. The van der Waals surface area contributed by atoms with Crippen LogP contribution >= 0.6 is 11.6 Å². The van der Waals surface area contributed by atoms with Crippen molar-refractivity contribution in [3.8, 4) is 0 Å². The van der Waals surface area contributed by atoms with Crippen molar-refractivity contribution in [3.63, 3.8) is 0 Å². The number of benzene rings is 1. The third-order valence-corrected chi connectivity index (χ3v) is 5.06. The van der Waals surface area contributed by atoms with E-state index in [0.717, 1.165) is 31.3 Å². The molecular weight excluding hydrogens is 380 g/mol. The first-order valence-electron chi connectivity index (χ1n) is 8.32. The zero-order chi connectivity index (χ0) is 19.3. The van der Waals surface area contributed by atoms with E-state index in [0.29, 0.717) is 23.9 Å². The molecule has 0 bridgehead atoms. The Bertz CT molecular complexity index is 751. The molecule has 26 heavy (non-hydrogen) atoms. The van der Waals surface area contributed by atoms with E-state index in [1.165, 1.54) is 0 Å². The molecule has 2 aliphatic rings. The van der Waals surface area contributed by atoms with Gasteiger partial charge in [-0.25, -0.2) is 0 Å². The minimum Gasteiger partial charge on any atom is -0.346 e. The van der Waals surface area contributed by atoms with E-state index in [2.05, 4.69) is 0 Å². The Balaban J connectivity index is 0.000000290. The normalized spacial score (nSPS) is 20.3. The van der Waals surface area contributed by atoms with Crippen molar-refractivity contribution in [2.24, 2.45) is 5.92 Å². The number of halogens is 1. The fourth-order valence-electron chi connectivity index (χ4n) is 2.76. The Labute approximate surface area is 159 Å². The highest BCUT2D eigenvalue weighted by Gasteiger charge is 2.33. The second-order valence-corrected chi connectivity index (χ2v) is 8.44. The van der Waals surface area contributed by atoms with Crippen LogP contribution in [0.5, 0.6) is 0 Å². The summed E-state index contributed by atoms with van der Waals surface area (Å²) in [5.74, 6) is -0.239. The van der Waals surface area contributed by atoms with Crippen LogP contribution in [0, 0.1) is 5.92 Å². The van der Waals surface area contributed by atoms with E-state index in [1.807, 2.05) is 7.05 Å². The smallest absolute Gasteiger partial charge is 0.264 e. The monoisotopic (exact) mass is 402 g/mol. The van der Waals surface area contributed by atoms with Crippen LogP contribution < -0.4 is 4.90 Å². The molecule has 2 aliphatic heterocycles. The van der Waals surface area contributed by atoms with Gasteiger partial charge in [0.1, 0.15) is 0 Å². The van der Waals surface area contributed by atoms with Crippen LogP contribution in [0.2, 0.25) is 5.02 Å². The molecule has 9 heteroatoms. The molecule has 144 valence electrons. The summed E-state index contributed by atoms with van der Waals surface area (Å²) in [5, 5.41) is 0.604. The molecule has 2 heterocycles.